The summed E-state index contributed by atoms with van der Waals surface area (Å²) in [6.45, 7) is 12.0. The van der Waals surface area contributed by atoms with Gasteiger partial charge in [-0.2, -0.15) is 18.3 Å². The van der Waals surface area contributed by atoms with Crippen molar-refractivity contribution in [1.29, 1.82) is 0 Å². The Hall–Kier alpha value is -7.13. The first-order chi connectivity index (χ1) is 35.2. The molecule has 5 aromatic carbocycles. The Labute approximate surface area is 426 Å². The molecule has 0 fully saturated rings. The molecular weight excluding hydrogens is 972 g/mol. The maximum Gasteiger partial charge on any atom is 0.524 e. The van der Waals surface area contributed by atoms with E-state index in [9.17, 15) is 27.5 Å². The van der Waals surface area contributed by atoms with Crippen LogP contribution in [0.3, 0.4) is 0 Å². The molecule has 2 N–H and O–H groups in total. The van der Waals surface area contributed by atoms with Gasteiger partial charge in [-0.25, -0.2) is 23.6 Å². The highest BCUT2D eigenvalue weighted by atomic mass is 31.2. The second kappa shape index (κ2) is 20.3. The highest BCUT2D eigenvalue weighted by Gasteiger charge is 2.38. The Bertz CT molecular complexity index is 3440. The molecule has 1 aliphatic heterocycles. The van der Waals surface area contributed by atoms with Crippen molar-refractivity contribution in [1.82, 2.24) is 24.3 Å². The number of methoxy groups -OCH3 is 1. The van der Waals surface area contributed by atoms with Crippen molar-refractivity contribution in [2.24, 2.45) is 0 Å². The van der Waals surface area contributed by atoms with E-state index in [4.69, 9.17) is 14.4 Å². The van der Waals surface area contributed by atoms with E-state index in [1.165, 1.54) is 17.7 Å². The molecule has 0 atom stereocenters. The van der Waals surface area contributed by atoms with Crippen LogP contribution in [0.4, 0.5) is 23.5 Å². The number of para-hydroxylation sites is 1. The van der Waals surface area contributed by atoms with Crippen LogP contribution in [-0.4, -0.2) is 53.7 Å². The normalized spacial score (nSPS) is 13.1. The standard InChI is InChI=1S/C57H57F4N6O6P/c1-8-38-21-16-22-39(9-2)50(38)67-51(45-33-65(25-24-47(45)64-67)55-62-31-40(32-63-55)57(59,60)61)44-29-46(58)54(72-7)52-41(44)23-26-66(52)48(68)30-56(5,6)49-35(4)42(27-36-17-12-10-13-18-36)34(3)43(53(49)73-74(69,70)71)28-37-19-14-11-15-20-37/h10-23,26,29,31-32H,8-9,24-25,27-28,30,33H2,1-7H3,(H2,69,70,71). The van der Waals surface area contributed by atoms with Gasteiger partial charge in [0.2, 0.25) is 11.9 Å². The van der Waals surface area contributed by atoms with Gasteiger partial charge in [0.25, 0.3) is 0 Å². The van der Waals surface area contributed by atoms with Crippen LogP contribution in [0.15, 0.2) is 110 Å². The number of ether oxygens (including phenoxy) is 1. The van der Waals surface area contributed by atoms with Crippen LogP contribution in [-0.2, 0) is 54.8 Å². The predicted octanol–water partition coefficient (Wildman–Crippen LogP) is 12.4. The molecule has 3 aromatic heterocycles. The average molecular weight is 1030 g/mol. The van der Waals surface area contributed by atoms with E-state index in [2.05, 4.69) is 9.97 Å². The van der Waals surface area contributed by atoms with Gasteiger partial charge in [-0.1, -0.05) is 107 Å². The number of alkyl halides is 3. The fourth-order valence-corrected chi connectivity index (χ4v) is 11.2. The molecule has 0 unspecified atom stereocenters. The second-order valence-electron chi connectivity index (χ2n) is 19.4. The van der Waals surface area contributed by atoms with Gasteiger partial charge >= 0.3 is 14.0 Å². The number of halogens is 4. The Morgan fingerprint density at radius 2 is 1.43 bits per heavy atom. The smallest absolute Gasteiger partial charge is 0.492 e. The van der Waals surface area contributed by atoms with E-state index >= 15 is 9.18 Å². The van der Waals surface area contributed by atoms with Crippen molar-refractivity contribution in [3.05, 3.63) is 182 Å². The Morgan fingerprint density at radius 3 is 2.00 bits per heavy atom. The number of hydrogen-bond acceptors (Lipinski definition) is 8. The van der Waals surface area contributed by atoms with Crippen molar-refractivity contribution >= 4 is 30.6 Å². The zero-order chi connectivity index (χ0) is 52.9. The van der Waals surface area contributed by atoms with Crippen molar-refractivity contribution in [2.45, 2.75) is 98.2 Å². The molecule has 384 valence electrons. The molecule has 74 heavy (non-hydrogen) atoms. The number of anilines is 1. The first-order valence-electron chi connectivity index (χ1n) is 24.5. The van der Waals surface area contributed by atoms with Gasteiger partial charge < -0.3 is 14.2 Å². The molecule has 1 aliphatic rings. The number of nitrogens with zero attached hydrogens (tertiary/aromatic N) is 6. The van der Waals surface area contributed by atoms with E-state index in [0.717, 1.165) is 51.5 Å². The fourth-order valence-electron chi connectivity index (χ4n) is 10.7. The molecule has 0 saturated carbocycles. The lowest BCUT2D eigenvalue weighted by Crippen LogP contribution is -2.31. The number of fused-ring (bicyclic) bond motifs is 2. The van der Waals surface area contributed by atoms with Gasteiger partial charge in [0.1, 0.15) is 11.3 Å². The predicted molar refractivity (Wildman–Crippen MR) is 277 cm³/mol. The first kappa shape index (κ1) is 51.8. The van der Waals surface area contributed by atoms with E-state index < -0.39 is 36.7 Å². The average Bonchev–Trinajstić information content (AvgIpc) is 3.98. The topological polar surface area (TPSA) is 145 Å². The van der Waals surface area contributed by atoms with Crippen LogP contribution >= 0.6 is 7.82 Å². The number of benzene rings is 5. The minimum absolute atomic E-state index is 0.00246. The van der Waals surface area contributed by atoms with E-state index in [1.54, 1.807) is 17.2 Å². The minimum atomic E-state index is -5.18. The number of aryl methyl sites for hydroxylation is 2. The SMILES string of the molecule is CCc1cccc(CC)c1-n1nc2c(c1-c1cc(F)c(OC)c3c1ccn3C(=O)CC(C)(C)c1c(C)c(Cc3ccccc3)c(C)c(Cc3ccccc3)c1OP(=O)(O)O)CN(c1ncc(C(F)(F)F)cn1)CC2. The van der Waals surface area contributed by atoms with Gasteiger partial charge in [0.15, 0.2) is 11.6 Å². The number of carbonyl (C=O) groups is 1. The summed E-state index contributed by atoms with van der Waals surface area (Å²) in [6, 6.07) is 28.5. The van der Waals surface area contributed by atoms with Crippen LogP contribution in [0.2, 0.25) is 0 Å². The third-order valence-corrected chi connectivity index (χ3v) is 14.6. The lowest BCUT2D eigenvalue weighted by molar-refractivity contribution is -0.138. The third kappa shape index (κ3) is 9.98. The quantitative estimate of drug-likeness (QED) is 0.0752. The minimum Gasteiger partial charge on any atom is -0.492 e. The summed E-state index contributed by atoms with van der Waals surface area (Å²) < 4.78 is 85.5. The molecule has 17 heteroatoms. The summed E-state index contributed by atoms with van der Waals surface area (Å²) in [6.07, 6.45) is 0.670. The zero-order valence-electron chi connectivity index (χ0n) is 42.2. The van der Waals surface area contributed by atoms with Crippen LogP contribution in [0.25, 0.3) is 27.8 Å². The molecule has 0 aliphatic carbocycles. The van der Waals surface area contributed by atoms with E-state index in [1.807, 2.05) is 125 Å². The zero-order valence-corrected chi connectivity index (χ0v) is 43.1. The summed E-state index contributed by atoms with van der Waals surface area (Å²) in [5.74, 6) is -1.32. The van der Waals surface area contributed by atoms with Crippen LogP contribution in [0, 0.1) is 19.7 Å². The summed E-state index contributed by atoms with van der Waals surface area (Å²) in [7, 11) is -3.85. The van der Waals surface area contributed by atoms with Gasteiger partial charge in [0.05, 0.1) is 29.7 Å². The highest BCUT2D eigenvalue weighted by molar-refractivity contribution is 7.46. The molecule has 0 bridgehead atoms. The lowest BCUT2D eigenvalue weighted by Gasteiger charge is -2.33. The monoisotopic (exact) mass is 1030 g/mol. The van der Waals surface area contributed by atoms with Crippen LogP contribution in [0.1, 0.15) is 106 Å². The molecular formula is C57H57F4N6O6P. The van der Waals surface area contributed by atoms with Crippen LogP contribution < -0.4 is 14.2 Å². The summed E-state index contributed by atoms with van der Waals surface area (Å²) in [5, 5.41) is 5.67. The molecule has 9 rings (SSSR count). The largest absolute Gasteiger partial charge is 0.524 e. The number of carbonyl (C=O) groups excluding carboxylic acids is 1. The van der Waals surface area contributed by atoms with Crippen LogP contribution in [0.5, 0.6) is 11.5 Å². The molecule has 8 aromatic rings. The molecule has 0 radical (unpaired) electrons. The van der Waals surface area contributed by atoms with Crippen molar-refractivity contribution in [3.63, 3.8) is 0 Å². The lowest BCUT2D eigenvalue weighted by atomic mass is 9.74. The van der Waals surface area contributed by atoms with Crippen molar-refractivity contribution in [3.8, 4) is 28.4 Å². The van der Waals surface area contributed by atoms with E-state index in [-0.39, 0.29) is 42.4 Å². The summed E-state index contributed by atoms with van der Waals surface area (Å²) >= 11 is 0. The number of rotatable bonds is 15. The maximum absolute atomic E-state index is 17.1. The number of phosphoric acid groups is 1. The Kier molecular flexibility index (Phi) is 14.2. The van der Waals surface area contributed by atoms with Crippen molar-refractivity contribution < 1.29 is 46.0 Å². The molecule has 0 spiro atoms. The number of aromatic nitrogens is 5. The first-order valence-corrected chi connectivity index (χ1v) is 26.0. The fraction of sp³-hybridized carbons (Fsp3) is 0.298. The molecule has 12 nitrogen and oxygen atoms in total. The summed E-state index contributed by atoms with van der Waals surface area (Å²) in [5.41, 5.74) is 8.47. The van der Waals surface area contributed by atoms with Gasteiger partial charge in [-0.3, -0.25) is 19.1 Å². The highest BCUT2D eigenvalue weighted by Crippen LogP contribution is 2.50. The molecule has 0 saturated heterocycles. The number of hydrogen-bond donors (Lipinski definition) is 2. The molecule has 4 heterocycles. The van der Waals surface area contributed by atoms with Crippen molar-refractivity contribution in [2.75, 3.05) is 18.6 Å². The van der Waals surface area contributed by atoms with Gasteiger partial charge in [-0.05, 0) is 84.2 Å². The second-order valence-corrected chi connectivity index (χ2v) is 20.6. The third-order valence-electron chi connectivity index (χ3n) is 14.2. The number of phosphoric ester groups is 1. The Morgan fingerprint density at radius 1 is 0.824 bits per heavy atom. The summed E-state index contributed by atoms with van der Waals surface area (Å²) in [4.78, 5) is 46.3. The van der Waals surface area contributed by atoms with Gasteiger partial charge in [0, 0.05) is 84.0 Å². The molecule has 0 amide bonds. The Balaban J connectivity index is 1.21. The van der Waals surface area contributed by atoms with E-state index in [0.29, 0.717) is 76.8 Å². The maximum atomic E-state index is 17.1. The van der Waals surface area contributed by atoms with Gasteiger partial charge in [-0.15, -0.1) is 0 Å².